The lowest BCUT2D eigenvalue weighted by Crippen LogP contribution is -2.30. The molecule has 0 unspecified atom stereocenters. The van der Waals surface area contributed by atoms with Crippen LogP contribution < -0.4 is 0 Å². The summed E-state index contributed by atoms with van der Waals surface area (Å²) in [7, 11) is 0. The number of hydrogen-bond donors (Lipinski definition) is 0. The van der Waals surface area contributed by atoms with Gasteiger partial charge in [-0.15, -0.1) is 0 Å². The normalized spacial score (nSPS) is 12.1. The molecule has 0 amide bonds. The quantitative estimate of drug-likeness (QED) is 0.0345. The second kappa shape index (κ2) is 46.9. The van der Waals surface area contributed by atoms with Crippen LogP contribution in [-0.2, 0) is 28.6 Å². The minimum Gasteiger partial charge on any atom is -0.462 e. The number of rotatable bonds is 48. The SMILES string of the molecule is CCCCCCCCCCCCCCCCCCC(=O)O[C@@H](COC(=O)CCCCCCCCCCCCCCCC(C)C)COC(=O)CCCCCCCCCC(C)C. The summed E-state index contributed by atoms with van der Waals surface area (Å²) in [5.74, 6) is 0.773. The summed E-state index contributed by atoms with van der Waals surface area (Å²) in [5, 5.41) is 0. The number of carbonyl (C=O) groups is 3. The number of unbranched alkanes of at least 4 members (excludes halogenated alkanes) is 33. The van der Waals surface area contributed by atoms with Crippen molar-refractivity contribution < 1.29 is 28.6 Å². The van der Waals surface area contributed by atoms with Gasteiger partial charge in [0.1, 0.15) is 13.2 Å². The van der Waals surface area contributed by atoms with E-state index in [9.17, 15) is 14.4 Å². The molecule has 0 saturated carbocycles. The summed E-state index contributed by atoms with van der Waals surface area (Å²) in [4.78, 5) is 38.0. The van der Waals surface area contributed by atoms with Crippen molar-refractivity contribution in [1.82, 2.24) is 0 Å². The highest BCUT2D eigenvalue weighted by molar-refractivity contribution is 5.71. The molecule has 6 heteroatoms. The van der Waals surface area contributed by atoms with Gasteiger partial charge in [-0.1, -0.05) is 259 Å². The van der Waals surface area contributed by atoms with E-state index in [0.29, 0.717) is 19.3 Å². The highest BCUT2D eigenvalue weighted by Crippen LogP contribution is 2.17. The Labute approximate surface area is 374 Å². The lowest BCUT2D eigenvalue weighted by molar-refractivity contribution is -0.167. The van der Waals surface area contributed by atoms with E-state index in [4.69, 9.17) is 14.2 Å². The van der Waals surface area contributed by atoms with Crippen molar-refractivity contribution in [3.63, 3.8) is 0 Å². The van der Waals surface area contributed by atoms with E-state index in [1.165, 1.54) is 186 Å². The summed E-state index contributed by atoms with van der Waals surface area (Å²) < 4.78 is 16.8. The lowest BCUT2D eigenvalue weighted by Gasteiger charge is -2.18. The molecule has 0 aromatic heterocycles. The molecule has 0 bridgehead atoms. The summed E-state index contributed by atoms with van der Waals surface area (Å²) in [5.41, 5.74) is 0. The average molecular weight is 849 g/mol. The van der Waals surface area contributed by atoms with Crippen LogP contribution in [0.5, 0.6) is 0 Å². The first-order valence-electron chi connectivity index (χ1n) is 26.7. The van der Waals surface area contributed by atoms with E-state index in [0.717, 1.165) is 69.6 Å². The first-order valence-corrected chi connectivity index (χ1v) is 26.7. The van der Waals surface area contributed by atoms with Crippen LogP contribution in [0.2, 0.25) is 0 Å². The Hall–Kier alpha value is -1.59. The van der Waals surface area contributed by atoms with E-state index >= 15 is 0 Å². The van der Waals surface area contributed by atoms with Crippen molar-refractivity contribution in [1.29, 1.82) is 0 Å². The molecular weight excluding hydrogens is 745 g/mol. The largest absolute Gasteiger partial charge is 0.462 e. The molecule has 0 fully saturated rings. The summed E-state index contributed by atoms with van der Waals surface area (Å²) in [6.45, 7) is 11.3. The maximum atomic E-state index is 12.8. The topological polar surface area (TPSA) is 78.9 Å². The number of esters is 3. The average Bonchev–Trinajstić information content (AvgIpc) is 3.22. The van der Waals surface area contributed by atoms with E-state index in [-0.39, 0.29) is 31.1 Å². The van der Waals surface area contributed by atoms with Gasteiger partial charge in [-0.3, -0.25) is 14.4 Å². The molecule has 1 atom stereocenters. The molecule has 0 aliphatic rings. The predicted octanol–water partition coefficient (Wildman–Crippen LogP) is 17.3. The molecule has 0 rings (SSSR count). The number of ether oxygens (including phenoxy) is 3. The van der Waals surface area contributed by atoms with E-state index in [1.54, 1.807) is 0 Å². The third-order valence-corrected chi connectivity index (χ3v) is 12.2. The zero-order chi connectivity index (χ0) is 44.0. The van der Waals surface area contributed by atoms with Crippen molar-refractivity contribution in [3.8, 4) is 0 Å². The zero-order valence-electron chi connectivity index (χ0n) is 41.1. The number of carbonyl (C=O) groups excluding carboxylic acids is 3. The van der Waals surface area contributed by atoms with Crippen LogP contribution in [0.3, 0.4) is 0 Å². The summed E-state index contributed by atoms with van der Waals surface area (Å²) in [6.07, 6.45) is 48.1. The second-order valence-electron chi connectivity index (χ2n) is 19.5. The van der Waals surface area contributed by atoms with Crippen LogP contribution >= 0.6 is 0 Å². The maximum absolute atomic E-state index is 12.8. The van der Waals surface area contributed by atoms with Crippen LogP contribution in [0, 0.1) is 11.8 Å². The number of hydrogen-bond acceptors (Lipinski definition) is 6. The van der Waals surface area contributed by atoms with E-state index in [1.807, 2.05) is 0 Å². The first kappa shape index (κ1) is 58.4. The Morgan fingerprint density at radius 1 is 0.317 bits per heavy atom. The fraction of sp³-hybridized carbons (Fsp3) is 0.944. The van der Waals surface area contributed by atoms with Crippen molar-refractivity contribution >= 4 is 17.9 Å². The Morgan fingerprint density at radius 2 is 0.550 bits per heavy atom. The second-order valence-corrected chi connectivity index (χ2v) is 19.5. The van der Waals surface area contributed by atoms with Gasteiger partial charge in [0.25, 0.3) is 0 Å². The van der Waals surface area contributed by atoms with Gasteiger partial charge >= 0.3 is 17.9 Å². The van der Waals surface area contributed by atoms with Gasteiger partial charge in [0, 0.05) is 19.3 Å². The van der Waals surface area contributed by atoms with Crippen LogP contribution in [0.4, 0.5) is 0 Å². The van der Waals surface area contributed by atoms with Crippen LogP contribution in [-0.4, -0.2) is 37.2 Å². The molecule has 0 aliphatic carbocycles. The molecule has 0 radical (unpaired) electrons. The molecular formula is C54H104O6. The fourth-order valence-electron chi connectivity index (χ4n) is 8.17. The first-order chi connectivity index (χ1) is 29.2. The highest BCUT2D eigenvalue weighted by atomic mass is 16.6. The van der Waals surface area contributed by atoms with Crippen LogP contribution in [0.25, 0.3) is 0 Å². The van der Waals surface area contributed by atoms with Gasteiger partial charge in [0.15, 0.2) is 6.10 Å². The lowest BCUT2D eigenvalue weighted by atomic mass is 10.0. The van der Waals surface area contributed by atoms with Crippen molar-refractivity contribution in [2.45, 2.75) is 304 Å². The van der Waals surface area contributed by atoms with Gasteiger partial charge in [0.2, 0.25) is 0 Å². The minimum absolute atomic E-state index is 0.0639. The molecule has 0 spiro atoms. The zero-order valence-corrected chi connectivity index (χ0v) is 41.1. The summed E-state index contributed by atoms with van der Waals surface area (Å²) >= 11 is 0. The summed E-state index contributed by atoms with van der Waals surface area (Å²) in [6, 6.07) is 0. The molecule has 0 aromatic carbocycles. The van der Waals surface area contributed by atoms with Gasteiger partial charge in [-0.25, -0.2) is 0 Å². The molecule has 6 nitrogen and oxygen atoms in total. The molecule has 0 aromatic rings. The van der Waals surface area contributed by atoms with Gasteiger partial charge in [-0.05, 0) is 31.1 Å². The van der Waals surface area contributed by atoms with Crippen molar-refractivity contribution in [2.24, 2.45) is 11.8 Å². The fourth-order valence-corrected chi connectivity index (χ4v) is 8.17. The third-order valence-electron chi connectivity index (χ3n) is 12.2. The Kier molecular flexibility index (Phi) is 45.7. The van der Waals surface area contributed by atoms with Crippen LogP contribution in [0.15, 0.2) is 0 Å². The third kappa shape index (κ3) is 47.5. The van der Waals surface area contributed by atoms with E-state index < -0.39 is 6.10 Å². The smallest absolute Gasteiger partial charge is 0.306 e. The van der Waals surface area contributed by atoms with Crippen molar-refractivity contribution in [2.75, 3.05) is 13.2 Å². The molecule has 0 saturated heterocycles. The highest BCUT2D eigenvalue weighted by Gasteiger charge is 2.19. The standard InChI is InChI=1S/C54H104O6/c1-6-7-8-9-10-11-12-13-14-15-18-22-25-30-36-41-46-54(57)60-51(48-59-53(56)45-40-35-31-26-28-33-38-43-50(4)5)47-58-52(55)44-39-34-29-24-21-19-16-17-20-23-27-32-37-42-49(2)3/h49-51H,6-48H2,1-5H3/t51-/m0/s1. The molecule has 60 heavy (non-hydrogen) atoms. The Bertz CT molecular complexity index is 916. The molecule has 356 valence electrons. The monoisotopic (exact) mass is 849 g/mol. The molecule has 0 heterocycles. The predicted molar refractivity (Wildman–Crippen MR) is 256 cm³/mol. The van der Waals surface area contributed by atoms with Crippen LogP contribution in [0.1, 0.15) is 298 Å². The molecule has 0 aliphatic heterocycles. The minimum atomic E-state index is -0.762. The maximum Gasteiger partial charge on any atom is 0.306 e. The van der Waals surface area contributed by atoms with Crippen molar-refractivity contribution in [3.05, 3.63) is 0 Å². The molecule has 0 N–H and O–H groups in total. The van der Waals surface area contributed by atoms with Gasteiger partial charge in [0.05, 0.1) is 0 Å². The van der Waals surface area contributed by atoms with Gasteiger partial charge < -0.3 is 14.2 Å². The van der Waals surface area contributed by atoms with E-state index in [2.05, 4.69) is 34.6 Å². The Balaban J connectivity index is 4.28. The van der Waals surface area contributed by atoms with Gasteiger partial charge in [-0.2, -0.15) is 0 Å². The Morgan fingerprint density at radius 3 is 0.817 bits per heavy atom.